The highest BCUT2D eigenvalue weighted by Gasteiger charge is 2.17. The Morgan fingerprint density at radius 3 is 2.81 bits per heavy atom. The topological polar surface area (TPSA) is 70.9 Å². The van der Waals surface area contributed by atoms with Crippen molar-refractivity contribution < 1.29 is 9.53 Å². The van der Waals surface area contributed by atoms with Crippen LogP contribution in [0, 0.1) is 0 Å². The van der Waals surface area contributed by atoms with Gasteiger partial charge in [0, 0.05) is 58.3 Å². The highest BCUT2D eigenvalue weighted by atomic mass is 127. The fourth-order valence-electron chi connectivity index (χ4n) is 3.54. The number of rotatable bonds is 7. The van der Waals surface area contributed by atoms with Crippen LogP contribution >= 0.6 is 35.6 Å². The van der Waals surface area contributed by atoms with Gasteiger partial charge < -0.3 is 24.8 Å². The smallest absolute Gasteiger partial charge is 0.251 e. The van der Waals surface area contributed by atoms with Gasteiger partial charge in [-0.2, -0.15) is 0 Å². The zero-order valence-corrected chi connectivity index (χ0v) is 21.3. The largest absolute Gasteiger partial charge is 0.376 e. The molecule has 0 radical (unpaired) electrons. The third-order valence-corrected chi connectivity index (χ3v) is 5.41. The van der Waals surface area contributed by atoms with Crippen LogP contribution in [0.2, 0.25) is 5.02 Å². The Hall–Kier alpha value is -1.78. The van der Waals surface area contributed by atoms with Gasteiger partial charge in [-0.15, -0.1) is 24.0 Å². The Labute approximate surface area is 206 Å². The van der Waals surface area contributed by atoms with Crippen molar-refractivity contribution in [2.45, 2.75) is 32.0 Å². The van der Waals surface area contributed by atoms with E-state index in [-0.39, 0.29) is 36.0 Å². The second-order valence-electron chi connectivity index (χ2n) is 7.56. The van der Waals surface area contributed by atoms with Crippen LogP contribution < -0.4 is 10.6 Å². The van der Waals surface area contributed by atoms with Gasteiger partial charge in [0.05, 0.1) is 17.7 Å². The number of nitrogens with zero attached hydrogens (tertiary/aromatic N) is 3. The lowest BCUT2D eigenvalue weighted by Gasteiger charge is -2.22. The van der Waals surface area contributed by atoms with Crippen molar-refractivity contribution >= 4 is 47.4 Å². The Kier molecular flexibility index (Phi) is 10.1. The van der Waals surface area contributed by atoms with Gasteiger partial charge in [0.2, 0.25) is 0 Å². The lowest BCUT2D eigenvalue weighted by atomic mass is 10.1. The average Bonchev–Trinajstić information content (AvgIpc) is 3.36. The molecule has 1 aromatic carbocycles. The van der Waals surface area contributed by atoms with Crippen molar-refractivity contribution in [3.63, 3.8) is 0 Å². The number of carbonyl (C=O) groups is 1. The molecule has 2 N–H and O–H groups in total. The Balaban J connectivity index is 0.00000341. The van der Waals surface area contributed by atoms with E-state index in [0.29, 0.717) is 25.2 Å². The normalized spacial score (nSPS) is 16.0. The molecule has 1 aliphatic rings. The summed E-state index contributed by atoms with van der Waals surface area (Å²) in [4.78, 5) is 18.9. The molecule has 1 fully saturated rings. The number of halogens is 2. The number of nitrogens with one attached hydrogen (secondary N) is 2. The monoisotopic (exact) mass is 559 g/mol. The van der Waals surface area contributed by atoms with Crippen LogP contribution in [0.3, 0.4) is 0 Å². The van der Waals surface area contributed by atoms with E-state index < -0.39 is 0 Å². The number of aromatic nitrogens is 1. The molecule has 1 aromatic heterocycles. The summed E-state index contributed by atoms with van der Waals surface area (Å²) in [5, 5.41) is 7.05. The van der Waals surface area contributed by atoms with E-state index >= 15 is 0 Å². The molecule has 2 aromatic rings. The molecular weight excluding hydrogens is 529 g/mol. The zero-order valence-electron chi connectivity index (χ0n) is 18.2. The molecule has 3 rings (SSSR count). The summed E-state index contributed by atoms with van der Waals surface area (Å²) in [5.74, 6) is 0.690. The third-order valence-electron chi connectivity index (χ3n) is 5.20. The van der Waals surface area contributed by atoms with E-state index in [2.05, 4.69) is 15.6 Å². The molecule has 0 saturated carbocycles. The molecule has 0 aliphatic carbocycles. The fraction of sp³-hybridized carbons (Fsp3) is 0.455. The molecule has 1 aliphatic heterocycles. The predicted molar refractivity (Wildman–Crippen MR) is 135 cm³/mol. The number of hydrogen-bond donors (Lipinski definition) is 2. The summed E-state index contributed by atoms with van der Waals surface area (Å²) >= 11 is 6.08. The van der Waals surface area contributed by atoms with Crippen molar-refractivity contribution in [2.75, 3.05) is 27.2 Å². The molecule has 1 amide bonds. The van der Waals surface area contributed by atoms with Gasteiger partial charge in [0.1, 0.15) is 0 Å². The Bertz CT molecular complexity index is 896. The maximum absolute atomic E-state index is 12.5. The molecule has 1 saturated heterocycles. The van der Waals surface area contributed by atoms with Crippen LogP contribution in [0.25, 0.3) is 0 Å². The minimum atomic E-state index is -0.0746. The minimum Gasteiger partial charge on any atom is -0.376 e. The molecule has 31 heavy (non-hydrogen) atoms. The minimum absolute atomic E-state index is 0. The maximum atomic E-state index is 12.5. The molecule has 170 valence electrons. The number of aryl methyl sites for hydroxylation is 1. The number of benzene rings is 1. The lowest BCUT2D eigenvalue weighted by Crippen LogP contribution is -2.38. The average molecular weight is 560 g/mol. The lowest BCUT2D eigenvalue weighted by molar-refractivity contribution is 0.0857. The van der Waals surface area contributed by atoms with Crippen molar-refractivity contribution in [3.8, 4) is 0 Å². The molecule has 2 heterocycles. The van der Waals surface area contributed by atoms with Crippen LogP contribution in [0.4, 0.5) is 0 Å². The van der Waals surface area contributed by atoms with Gasteiger partial charge in [-0.05, 0) is 36.6 Å². The number of ether oxygens (including phenoxy) is 1. The zero-order chi connectivity index (χ0) is 21.5. The van der Waals surface area contributed by atoms with Gasteiger partial charge in [-0.3, -0.25) is 9.79 Å². The first-order chi connectivity index (χ1) is 14.5. The summed E-state index contributed by atoms with van der Waals surface area (Å²) in [5.41, 5.74) is 2.75. The molecule has 7 nitrogen and oxygen atoms in total. The second kappa shape index (κ2) is 12.3. The first kappa shape index (κ1) is 25.5. The van der Waals surface area contributed by atoms with Gasteiger partial charge in [-0.1, -0.05) is 23.7 Å². The summed E-state index contributed by atoms with van der Waals surface area (Å²) in [7, 11) is 5.71. The highest BCUT2D eigenvalue weighted by Crippen LogP contribution is 2.14. The molecule has 0 bridgehead atoms. The van der Waals surface area contributed by atoms with Crippen molar-refractivity contribution in [1.82, 2.24) is 20.1 Å². The third kappa shape index (κ3) is 7.40. The van der Waals surface area contributed by atoms with Gasteiger partial charge >= 0.3 is 0 Å². The molecular formula is C22H31ClIN5O2. The molecule has 1 atom stereocenters. The van der Waals surface area contributed by atoms with E-state index in [0.717, 1.165) is 41.7 Å². The van der Waals surface area contributed by atoms with Gasteiger partial charge in [-0.25, -0.2) is 0 Å². The first-order valence-electron chi connectivity index (χ1n) is 10.2. The summed E-state index contributed by atoms with van der Waals surface area (Å²) in [6.45, 7) is 2.59. The van der Waals surface area contributed by atoms with Crippen LogP contribution in [-0.2, 0) is 24.9 Å². The fourth-order valence-corrected chi connectivity index (χ4v) is 3.82. The van der Waals surface area contributed by atoms with Gasteiger partial charge in [0.15, 0.2) is 5.96 Å². The molecule has 0 spiro atoms. The highest BCUT2D eigenvalue weighted by molar-refractivity contribution is 14.0. The van der Waals surface area contributed by atoms with Gasteiger partial charge in [0.25, 0.3) is 5.91 Å². The number of aliphatic imine (C=N–C) groups is 1. The summed E-state index contributed by atoms with van der Waals surface area (Å²) in [6.07, 6.45) is 4.09. The van der Waals surface area contributed by atoms with E-state index in [9.17, 15) is 4.79 Å². The van der Waals surface area contributed by atoms with Crippen molar-refractivity contribution in [1.29, 1.82) is 0 Å². The molecule has 1 unspecified atom stereocenters. The first-order valence-corrected chi connectivity index (χ1v) is 10.6. The number of guanidine groups is 1. The van der Waals surface area contributed by atoms with E-state index in [4.69, 9.17) is 16.3 Å². The Morgan fingerprint density at radius 2 is 2.16 bits per heavy atom. The standard InChI is InChI=1S/C22H30ClN5O2.HI/c1-24-22(28(3)15-19-11-18(23)14-27(19)2)26-12-16-6-4-7-17(10-16)21(29)25-13-20-8-5-9-30-20;/h4,6-7,10-11,14,20H,5,8-9,12-13,15H2,1-3H3,(H,24,26)(H,25,29);1H. The predicted octanol–water partition coefficient (Wildman–Crippen LogP) is 3.41. The quantitative estimate of drug-likeness (QED) is 0.310. The van der Waals surface area contributed by atoms with Crippen LogP contribution in [0.1, 0.15) is 34.5 Å². The summed E-state index contributed by atoms with van der Waals surface area (Å²) in [6, 6.07) is 9.57. The number of amides is 1. The SMILES string of the molecule is CN=C(NCc1cccc(C(=O)NCC2CCCO2)c1)N(C)Cc1cc(Cl)cn1C.I. The van der Waals surface area contributed by atoms with Crippen molar-refractivity contribution in [2.24, 2.45) is 12.0 Å². The summed E-state index contributed by atoms with van der Waals surface area (Å²) < 4.78 is 7.57. The van der Waals surface area contributed by atoms with Crippen molar-refractivity contribution in [3.05, 3.63) is 58.4 Å². The van der Waals surface area contributed by atoms with Crippen LogP contribution in [0.15, 0.2) is 41.5 Å². The van der Waals surface area contributed by atoms with Crippen LogP contribution in [0.5, 0.6) is 0 Å². The van der Waals surface area contributed by atoms with E-state index in [1.165, 1.54) is 0 Å². The van der Waals surface area contributed by atoms with E-state index in [1.54, 1.807) is 7.05 Å². The maximum Gasteiger partial charge on any atom is 0.251 e. The van der Waals surface area contributed by atoms with E-state index in [1.807, 2.05) is 60.1 Å². The number of carbonyl (C=O) groups excluding carboxylic acids is 1. The number of hydrogen-bond acceptors (Lipinski definition) is 3. The van der Waals surface area contributed by atoms with Crippen LogP contribution in [-0.4, -0.2) is 54.7 Å². The Morgan fingerprint density at radius 1 is 1.35 bits per heavy atom. The molecule has 9 heteroatoms. The second-order valence-corrected chi connectivity index (χ2v) is 8.00.